The van der Waals surface area contributed by atoms with Gasteiger partial charge in [0, 0.05) is 37.1 Å². The second kappa shape index (κ2) is 70.0. The van der Waals surface area contributed by atoms with Crippen molar-refractivity contribution in [3.8, 4) is 0 Å². The van der Waals surface area contributed by atoms with Crippen molar-refractivity contribution in [2.45, 2.75) is 0 Å². The maximum Gasteiger partial charge on any atom is 0.631 e. The predicted octanol–water partition coefficient (Wildman–Crippen LogP) is -2.65. The van der Waals surface area contributed by atoms with E-state index < -0.39 is 7.32 Å². The molecule has 0 rings (SSSR count). The van der Waals surface area contributed by atoms with Crippen molar-refractivity contribution in [1.82, 2.24) is 0 Å². The van der Waals surface area contributed by atoms with Crippen molar-refractivity contribution in [1.29, 1.82) is 0 Å². The molecule has 0 unspecified atom stereocenters. The number of rotatable bonds is 0. The number of hydrogen-bond donors (Lipinski definition) is 3. The van der Waals surface area contributed by atoms with Gasteiger partial charge in [-0.05, 0) is 0 Å². The molecule has 0 aliphatic rings. The minimum absolute atomic E-state index is 0. The summed E-state index contributed by atoms with van der Waals surface area (Å²) >= 11 is 0. The Labute approximate surface area is 87.1 Å². The van der Waals surface area contributed by atoms with E-state index in [1.807, 2.05) is 0 Å². The molecule has 0 aliphatic heterocycles. The molecule has 8 nitrogen and oxygen atoms in total. The fourth-order valence-corrected chi connectivity index (χ4v) is 0. The summed E-state index contributed by atoms with van der Waals surface area (Å²) in [6.45, 7) is 0. The molecule has 0 saturated carbocycles. The first-order valence-corrected chi connectivity index (χ1v) is 0.775. The van der Waals surface area contributed by atoms with Gasteiger partial charge in [-0.15, -0.1) is 0 Å². The first-order valence-electron chi connectivity index (χ1n) is 0.775. The largest absolute Gasteiger partial charge is 2.00 e. The van der Waals surface area contributed by atoms with E-state index in [1.165, 1.54) is 0 Å². The van der Waals surface area contributed by atoms with Crippen LogP contribution in [0, 0.1) is 0 Å². The van der Waals surface area contributed by atoms with Gasteiger partial charge in [0.05, 0.1) is 0 Å². The topological polar surface area (TPSA) is 203 Å². The van der Waals surface area contributed by atoms with Gasteiger partial charge >= 0.3 is 7.32 Å². The molecule has 11 heteroatoms. The SMILES string of the molecule is OB(O)O.[O-2].[O-2].[O-2].[O-2].[O-2].[V].[V]. The molecule has 2 radical (unpaired) electrons. The van der Waals surface area contributed by atoms with Crippen LogP contribution in [0.2, 0.25) is 0 Å². The molecule has 3 N–H and O–H groups in total. The Bertz CT molecular complexity index is 16.8. The minimum atomic E-state index is -2.17. The third kappa shape index (κ3) is 1040. The van der Waals surface area contributed by atoms with E-state index in [9.17, 15) is 0 Å². The van der Waals surface area contributed by atoms with Crippen molar-refractivity contribution < 1.29 is 79.6 Å². The van der Waals surface area contributed by atoms with Crippen LogP contribution in [0.15, 0.2) is 0 Å². The summed E-state index contributed by atoms with van der Waals surface area (Å²) in [5.74, 6) is 0. The quantitative estimate of drug-likeness (QED) is 0.390. The third-order valence-corrected chi connectivity index (χ3v) is 0. The van der Waals surface area contributed by atoms with Crippen LogP contribution in [0.3, 0.4) is 0 Å². The van der Waals surface area contributed by atoms with Gasteiger partial charge in [0.1, 0.15) is 0 Å². The molecule has 0 aliphatic carbocycles. The van der Waals surface area contributed by atoms with Gasteiger partial charge in [0.2, 0.25) is 0 Å². The Hall–Kier alpha value is 0.914. The van der Waals surface area contributed by atoms with Crippen LogP contribution in [0.1, 0.15) is 0 Å². The monoisotopic (exact) mass is 244 g/mol. The van der Waals surface area contributed by atoms with Gasteiger partial charge in [0.25, 0.3) is 0 Å². The molecule has 0 bridgehead atoms. The molecule has 0 fully saturated rings. The molecule has 0 aromatic heterocycles. The molecular weight excluding hydrogens is 241 g/mol. The van der Waals surface area contributed by atoms with E-state index >= 15 is 0 Å². The van der Waals surface area contributed by atoms with Crippen LogP contribution < -0.4 is 0 Å². The summed E-state index contributed by atoms with van der Waals surface area (Å²) < 4.78 is 0. The van der Waals surface area contributed by atoms with E-state index in [0.29, 0.717) is 0 Å². The van der Waals surface area contributed by atoms with Gasteiger partial charge < -0.3 is 42.5 Å². The summed E-state index contributed by atoms with van der Waals surface area (Å²) in [4.78, 5) is 0. The first kappa shape index (κ1) is 92.6. The average molecular weight is 244 g/mol. The van der Waals surface area contributed by atoms with E-state index in [2.05, 4.69) is 0 Å². The van der Waals surface area contributed by atoms with E-state index in [4.69, 9.17) is 15.1 Å². The zero-order valence-electron chi connectivity index (χ0n) is 4.85. The van der Waals surface area contributed by atoms with Crippen molar-refractivity contribution >= 4 is 7.32 Å². The van der Waals surface area contributed by atoms with Crippen LogP contribution in [-0.4, -0.2) is 22.4 Å². The molecule has 11 heavy (non-hydrogen) atoms. The summed E-state index contributed by atoms with van der Waals surface area (Å²) in [6.07, 6.45) is 0. The molecule has 0 aromatic rings. The van der Waals surface area contributed by atoms with Crippen LogP contribution in [0.4, 0.5) is 0 Å². The zero-order chi connectivity index (χ0) is 3.58. The fraction of sp³-hybridized carbons (Fsp3) is 0. The first-order chi connectivity index (χ1) is 1.73. The predicted molar refractivity (Wildman–Crippen MR) is 15.8 cm³/mol. The van der Waals surface area contributed by atoms with Gasteiger partial charge in [-0.25, -0.2) is 0 Å². The summed E-state index contributed by atoms with van der Waals surface area (Å²) in [6, 6.07) is 0. The van der Waals surface area contributed by atoms with E-state index in [0.717, 1.165) is 0 Å². The minimum Gasteiger partial charge on any atom is -2.00 e. The molecule has 0 saturated heterocycles. The molecular formula is H3BO8V2-10. The van der Waals surface area contributed by atoms with Crippen molar-refractivity contribution in [2.24, 2.45) is 0 Å². The second-order valence-corrected chi connectivity index (χ2v) is 0.346. The normalized spacial score (nSPS) is 2.45. The van der Waals surface area contributed by atoms with E-state index in [1.54, 1.807) is 0 Å². The average Bonchev–Trinajstić information content (AvgIpc) is 0.811. The standard InChI is InChI=1S/BH3O3.5O.2V/c2-1(3)4;;;;;;;/h2-4H;;;;;;;/q;5*-2;;. The maximum absolute atomic E-state index is 7.17. The van der Waals surface area contributed by atoms with E-state index in [-0.39, 0.29) is 64.5 Å². The summed E-state index contributed by atoms with van der Waals surface area (Å²) in [7, 11) is -2.17. The molecule has 74 valence electrons. The Morgan fingerprint density at radius 3 is 0.545 bits per heavy atom. The molecule has 0 aromatic carbocycles. The van der Waals surface area contributed by atoms with Crippen LogP contribution in [0.25, 0.3) is 0 Å². The van der Waals surface area contributed by atoms with Crippen molar-refractivity contribution in [2.75, 3.05) is 0 Å². The Morgan fingerprint density at radius 2 is 0.545 bits per heavy atom. The summed E-state index contributed by atoms with van der Waals surface area (Å²) in [5.41, 5.74) is 0. The Kier molecular flexibility index (Phi) is 590. The van der Waals surface area contributed by atoms with Crippen molar-refractivity contribution in [3.63, 3.8) is 0 Å². The molecule has 0 heterocycles. The van der Waals surface area contributed by atoms with Crippen molar-refractivity contribution in [3.05, 3.63) is 0 Å². The maximum atomic E-state index is 7.17. The van der Waals surface area contributed by atoms with Crippen LogP contribution in [-0.2, 0) is 64.5 Å². The second-order valence-electron chi connectivity index (χ2n) is 0.346. The molecule has 0 atom stereocenters. The molecule has 0 spiro atoms. The van der Waals surface area contributed by atoms with Gasteiger partial charge in [-0.2, -0.15) is 0 Å². The smallest absolute Gasteiger partial charge is 0.631 e. The van der Waals surface area contributed by atoms with Gasteiger partial charge in [0.15, 0.2) is 0 Å². The Balaban J connectivity index is -0.00000000214. The summed E-state index contributed by atoms with van der Waals surface area (Å²) in [5, 5.41) is 21.5. The third-order valence-electron chi connectivity index (χ3n) is 0. The Morgan fingerprint density at radius 1 is 0.545 bits per heavy atom. The molecule has 0 amide bonds. The fourth-order valence-electron chi connectivity index (χ4n) is 0. The van der Waals surface area contributed by atoms with Gasteiger partial charge in [-0.1, -0.05) is 0 Å². The zero-order valence-corrected chi connectivity index (χ0v) is 7.65. The van der Waals surface area contributed by atoms with Crippen LogP contribution in [0.5, 0.6) is 0 Å². The van der Waals surface area contributed by atoms with Crippen LogP contribution >= 0.6 is 0 Å². The number of hydrogen-bond acceptors (Lipinski definition) is 3. The van der Waals surface area contributed by atoms with Gasteiger partial charge in [-0.3, -0.25) is 0 Å².